The van der Waals surface area contributed by atoms with Gasteiger partial charge in [0, 0.05) is 18.3 Å². The van der Waals surface area contributed by atoms with Gasteiger partial charge in [0.25, 0.3) is 0 Å². The van der Waals surface area contributed by atoms with E-state index in [-0.39, 0.29) is 0 Å². The van der Waals surface area contributed by atoms with E-state index in [4.69, 9.17) is 11.6 Å². The molecule has 3 rings (SSSR count). The lowest BCUT2D eigenvalue weighted by Gasteiger charge is -2.30. The molecule has 4 atom stereocenters. The van der Waals surface area contributed by atoms with Crippen molar-refractivity contribution in [1.82, 2.24) is 5.32 Å². The van der Waals surface area contributed by atoms with Crippen LogP contribution in [0.5, 0.6) is 0 Å². The van der Waals surface area contributed by atoms with Gasteiger partial charge in [0.2, 0.25) is 5.91 Å². The molecule has 3 heteroatoms. The average Bonchev–Trinajstić information content (AvgIpc) is 3.02. The molecule has 18 heavy (non-hydrogen) atoms. The number of alkyl halides is 1. The lowest BCUT2D eigenvalue weighted by Crippen LogP contribution is -2.37. The van der Waals surface area contributed by atoms with Crippen molar-refractivity contribution in [2.75, 3.05) is 12.4 Å². The molecular formula is C15H24ClNO. The maximum Gasteiger partial charge on any atom is 0.223 e. The first-order valence-electron chi connectivity index (χ1n) is 7.61. The number of rotatable bonds is 4. The predicted octanol–water partition coefficient (Wildman–Crippen LogP) is 3.19. The standard InChI is InChI=1S/C15H24ClNO/c16-8-10-3-1-2-4-11(10)9-17-15(18)14-6-12-5-13(12)7-14/h10-14H,1-9H2,(H,17,18). The largest absolute Gasteiger partial charge is 0.356 e. The number of halogens is 1. The van der Waals surface area contributed by atoms with E-state index in [2.05, 4.69) is 5.32 Å². The van der Waals surface area contributed by atoms with Gasteiger partial charge in [0.05, 0.1) is 0 Å². The third-order valence-electron chi connectivity index (χ3n) is 5.42. The van der Waals surface area contributed by atoms with Crippen LogP contribution in [0.25, 0.3) is 0 Å². The molecule has 3 aliphatic rings. The van der Waals surface area contributed by atoms with Crippen LogP contribution in [-0.4, -0.2) is 18.3 Å². The molecule has 1 N–H and O–H groups in total. The van der Waals surface area contributed by atoms with Crippen LogP contribution in [0.15, 0.2) is 0 Å². The Morgan fingerprint density at radius 1 is 1.06 bits per heavy atom. The summed E-state index contributed by atoms with van der Waals surface area (Å²) in [5.74, 6) is 4.44. The topological polar surface area (TPSA) is 29.1 Å². The number of nitrogens with one attached hydrogen (secondary N) is 1. The number of carbonyl (C=O) groups is 1. The lowest BCUT2D eigenvalue weighted by molar-refractivity contribution is -0.125. The normalized spacial score (nSPS) is 42.4. The van der Waals surface area contributed by atoms with Crippen molar-refractivity contribution in [1.29, 1.82) is 0 Å². The smallest absolute Gasteiger partial charge is 0.223 e. The van der Waals surface area contributed by atoms with Gasteiger partial charge in [-0.25, -0.2) is 0 Å². The zero-order valence-corrected chi connectivity index (χ0v) is 11.8. The summed E-state index contributed by atoms with van der Waals surface area (Å²) in [6.45, 7) is 0.863. The summed E-state index contributed by atoms with van der Waals surface area (Å²) in [5.41, 5.74) is 0. The Bertz CT molecular complexity index is 310. The summed E-state index contributed by atoms with van der Waals surface area (Å²) < 4.78 is 0. The van der Waals surface area contributed by atoms with Crippen molar-refractivity contribution in [2.24, 2.45) is 29.6 Å². The minimum atomic E-state index is 0.320. The van der Waals surface area contributed by atoms with Gasteiger partial charge in [-0.05, 0) is 55.8 Å². The Balaban J connectivity index is 1.43. The number of fused-ring (bicyclic) bond motifs is 1. The molecule has 0 bridgehead atoms. The second-order valence-electron chi connectivity index (χ2n) is 6.63. The molecule has 3 aliphatic carbocycles. The highest BCUT2D eigenvalue weighted by Gasteiger charge is 2.47. The van der Waals surface area contributed by atoms with Gasteiger partial charge in [-0.2, -0.15) is 0 Å². The van der Waals surface area contributed by atoms with Crippen LogP contribution in [0.2, 0.25) is 0 Å². The van der Waals surface area contributed by atoms with E-state index in [0.717, 1.165) is 37.1 Å². The minimum absolute atomic E-state index is 0.320. The summed E-state index contributed by atoms with van der Waals surface area (Å²) in [6, 6.07) is 0. The second kappa shape index (κ2) is 5.40. The maximum atomic E-state index is 12.1. The van der Waals surface area contributed by atoms with Gasteiger partial charge in [-0.3, -0.25) is 4.79 Å². The molecule has 0 saturated heterocycles. The first-order chi connectivity index (χ1) is 8.78. The van der Waals surface area contributed by atoms with Gasteiger partial charge >= 0.3 is 0 Å². The molecule has 0 heterocycles. The zero-order chi connectivity index (χ0) is 12.5. The van der Waals surface area contributed by atoms with E-state index in [1.807, 2.05) is 0 Å². The Hall–Kier alpha value is -0.240. The molecule has 0 aromatic carbocycles. The van der Waals surface area contributed by atoms with Crippen LogP contribution in [0.3, 0.4) is 0 Å². The Morgan fingerprint density at radius 2 is 1.72 bits per heavy atom. The van der Waals surface area contributed by atoms with E-state index in [9.17, 15) is 4.79 Å². The van der Waals surface area contributed by atoms with E-state index in [1.54, 1.807) is 0 Å². The number of hydrogen-bond donors (Lipinski definition) is 1. The molecule has 4 unspecified atom stereocenters. The Labute approximate surface area is 115 Å². The molecule has 0 radical (unpaired) electrons. The van der Waals surface area contributed by atoms with Crippen LogP contribution in [0, 0.1) is 29.6 Å². The van der Waals surface area contributed by atoms with E-state index in [1.165, 1.54) is 32.1 Å². The van der Waals surface area contributed by atoms with Crippen molar-refractivity contribution in [3.63, 3.8) is 0 Å². The number of carbonyl (C=O) groups excluding carboxylic acids is 1. The zero-order valence-electron chi connectivity index (χ0n) is 11.0. The number of amides is 1. The molecule has 0 aromatic heterocycles. The van der Waals surface area contributed by atoms with Gasteiger partial charge in [-0.1, -0.05) is 12.8 Å². The molecule has 0 spiro atoms. The summed E-state index contributed by atoms with van der Waals surface area (Å²) in [7, 11) is 0. The van der Waals surface area contributed by atoms with E-state index < -0.39 is 0 Å². The van der Waals surface area contributed by atoms with Gasteiger partial charge < -0.3 is 5.32 Å². The molecule has 102 valence electrons. The van der Waals surface area contributed by atoms with Crippen LogP contribution in [0.4, 0.5) is 0 Å². The average molecular weight is 270 g/mol. The number of hydrogen-bond acceptors (Lipinski definition) is 1. The quantitative estimate of drug-likeness (QED) is 0.781. The van der Waals surface area contributed by atoms with Gasteiger partial charge in [-0.15, -0.1) is 11.6 Å². The first-order valence-corrected chi connectivity index (χ1v) is 8.15. The highest BCUT2D eigenvalue weighted by molar-refractivity contribution is 6.18. The molecule has 0 aromatic rings. The molecule has 3 fully saturated rings. The van der Waals surface area contributed by atoms with Crippen LogP contribution >= 0.6 is 11.6 Å². The van der Waals surface area contributed by atoms with Crippen LogP contribution < -0.4 is 5.32 Å². The van der Waals surface area contributed by atoms with Crippen molar-refractivity contribution in [3.05, 3.63) is 0 Å². The molecule has 3 saturated carbocycles. The molecule has 0 aliphatic heterocycles. The summed E-state index contributed by atoms with van der Waals surface area (Å²) in [6.07, 6.45) is 8.81. The lowest BCUT2D eigenvalue weighted by atomic mass is 9.80. The van der Waals surface area contributed by atoms with E-state index >= 15 is 0 Å². The van der Waals surface area contributed by atoms with Crippen LogP contribution in [-0.2, 0) is 4.79 Å². The summed E-state index contributed by atoms with van der Waals surface area (Å²) in [4.78, 5) is 12.1. The molecule has 1 amide bonds. The van der Waals surface area contributed by atoms with Crippen molar-refractivity contribution >= 4 is 17.5 Å². The molecular weight excluding hydrogens is 246 g/mol. The summed E-state index contributed by atoms with van der Waals surface area (Å²) in [5, 5.41) is 3.20. The van der Waals surface area contributed by atoms with Gasteiger partial charge in [0.15, 0.2) is 0 Å². The maximum absolute atomic E-state index is 12.1. The fourth-order valence-corrected chi connectivity index (χ4v) is 4.47. The second-order valence-corrected chi connectivity index (χ2v) is 6.94. The van der Waals surface area contributed by atoms with Crippen LogP contribution in [0.1, 0.15) is 44.9 Å². The first kappa shape index (κ1) is 12.8. The highest BCUT2D eigenvalue weighted by Crippen LogP contribution is 2.54. The predicted molar refractivity (Wildman–Crippen MR) is 73.5 cm³/mol. The van der Waals surface area contributed by atoms with Crippen molar-refractivity contribution in [2.45, 2.75) is 44.9 Å². The Kier molecular flexibility index (Phi) is 3.83. The Morgan fingerprint density at radius 3 is 2.39 bits per heavy atom. The highest BCUT2D eigenvalue weighted by atomic mass is 35.5. The van der Waals surface area contributed by atoms with E-state index in [0.29, 0.717) is 23.7 Å². The fourth-order valence-electron chi connectivity index (χ4n) is 4.06. The summed E-state index contributed by atoms with van der Waals surface area (Å²) >= 11 is 6.03. The SMILES string of the molecule is O=C(NCC1CCCCC1CCl)C1CC2CC2C1. The minimum Gasteiger partial charge on any atom is -0.356 e. The third kappa shape index (κ3) is 2.68. The monoisotopic (exact) mass is 269 g/mol. The third-order valence-corrected chi connectivity index (χ3v) is 5.81. The van der Waals surface area contributed by atoms with Crippen molar-refractivity contribution < 1.29 is 4.79 Å². The fraction of sp³-hybridized carbons (Fsp3) is 0.933. The van der Waals surface area contributed by atoms with Gasteiger partial charge in [0.1, 0.15) is 0 Å². The molecule has 2 nitrogen and oxygen atoms in total. The van der Waals surface area contributed by atoms with Crippen molar-refractivity contribution in [3.8, 4) is 0 Å².